The zero-order valence-corrected chi connectivity index (χ0v) is 15.1. The number of carbonyl (C=O) groups excluding carboxylic acids is 1. The number of ether oxygens (including phenoxy) is 1. The highest BCUT2D eigenvalue weighted by molar-refractivity contribution is 5.92. The molecule has 0 aliphatic heterocycles. The van der Waals surface area contributed by atoms with Crippen molar-refractivity contribution in [3.63, 3.8) is 0 Å². The van der Waals surface area contributed by atoms with Gasteiger partial charge in [-0.05, 0) is 48.4 Å². The molecule has 0 fully saturated rings. The van der Waals surface area contributed by atoms with Gasteiger partial charge in [0.2, 0.25) is 0 Å². The second-order valence-corrected chi connectivity index (χ2v) is 5.92. The summed E-state index contributed by atoms with van der Waals surface area (Å²) >= 11 is 0. The molecule has 0 aliphatic rings. The molecule has 1 amide bonds. The van der Waals surface area contributed by atoms with E-state index < -0.39 is 11.6 Å². The molecule has 0 saturated heterocycles. The van der Waals surface area contributed by atoms with Crippen LogP contribution in [0.5, 0.6) is 5.75 Å². The van der Waals surface area contributed by atoms with E-state index in [1.807, 2.05) is 24.3 Å². The van der Waals surface area contributed by atoms with Gasteiger partial charge >= 0.3 is 0 Å². The Morgan fingerprint density at radius 2 is 1.89 bits per heavy atom. The van der Waals surface area contributed by atoms with Gasteiger partial charge in [-0.25, -0.2) is 8.78 Å². The molecule has 1 aromatic heterocycles. The summed E-state index contributed by atoms with van der Waals surface area (Å²) in [7, 11) is 1.60. The summed E-state index contributed by atoms with van der Waals surface area (Å²) in [5, 5.41) is 13.3. The van der Waals surface area contributed by atoms with Crippen molar-refractivity contribution >= 4 is 17.4 Å². The van der Waals surface area contributed by atoms with Crippen molar-refractivity contribution in [1.29, 1.82) is 0 Å². The van der Waals surface area contributed by atoms with Crippen molar-refractivity contribution in [3.05, 3.63) is 77.5 Å². The fraction of sp³-hybridized carbons (Fsp3) is 0.150. The Kier molecular flexibility index (Phi) is 6.11. The van der Waals surface area contributed by atoms with Crippen molar-refractivity contribution in [3.8, 4) is 5.75 Å². The van der Waals surface area contributed by atoms with E-state index in [2.05, 4.69) is 20.8 Å². The van der Waals surface area contributed by atoms with Crippen molar-refractivity contribution < 1.29 is 18.3 Å². The monoisotopic (exact) mass is 384 g/mol. The van der Waals surface area contributed by atoms with E-state index in [4.69, 9.17) is 4.74 Å². The molecule has 0 bridgehead atoms. The van der Waals surface area contributed by atoms with Gasteiger partial charge in [-0.2, -0.15) is 0 Å². The lowest BCUT2D eigenvalue weighted by Crippen LogP contribution is -2.26. The highest BCUT2D eigenvalue weighted by Crippen LogP contribution is 2.17. The molecule has 2 aromatic carbocycles. The first-order chi connectivity index (χ1) is 13.5. The molecule has 0 aliphatic carbocycles. The SMILES string of the molecule is COc1cccc(CCNC(=O)c2ccc(Nc3ccc(F)c(F)c3)nn2)c1. The molecule has 3 aromatic rings. The average molecular weight is 384 g/mol. The number of amides is 1. The molecule has 0 spiro atoms. The lowest BCUT2D eigenvalue weighted by molar-refractivity contribution is 0.0948. The van der Waals surface area contributed by atoms with Gasteiger partial charge < -0.3 is 15.4 Å². The van der Waals surface area contributed by atoms with Gasteiger partial charge in [0.15, 0.2) is 23.1 Å². The van der Waals surface area contributed by atoms with Gasteiger partial charge in [-0.1, -0.05) is 12.1 Å². The number of nitrogens with one attached hydrogen (secondary N) is 2. The summed E-state index contributed by atoms with van der Waals surface area (Å²) < 4.78 is 31.3. The molecule has 3 rings (SSSR count). The van der Waals surface area contributed by atoms with Crippen LogP contribution in [0, 0.1) is 11.6 Å². The Morgan fingerprint density at radius 3 is 2.61 bits per heavy atom. The number of hydrogen-bond acceptors (Lipinski definition) is 5. The minimum absolute atomic E-state index is 0.154. The summed E-state index contributed by atoms with van der Waals surface area (Å²) in [6.45, 7) is 0.433. The quantitative estimate of drug-likeness (QED) is 0.652. The zero-order chi connectivity index (χ0) is 19.9. The van der Waals surface area contributed by atoms with E-state index in [0.717, 1.165) is 23.4 Å². The third kappa shape index (κ3) is 5.00. The molecule has 1 heterocycles. The third-order valence-corrected chi connectivity index (χ3v) is 3.92. The lowest BCUT2D eigenvalue weighted by atomic mass is 10.1. The van der Waals surface area contributed by atoms with E-state index in [1.54, 1.807) is 7.11 Å². The Bertz CT molecular complexity index is 965. The highest BCUT2D eigenvalue weighted by atomic mass is 19.2. The number of aromatic nitrogens is 2. The van der Waals surface area contributed by atoms with Crippen molar-refractivity contribution in [2.45, 2.75) is 6.42 Å². The Balaban J connectivity index is 1.53. The second kappa shape index (κ2) is 8.90. The van der Waals surface area contributed by atoms with E-state index in [-0.39, 0.29) is 11.6 Å². The number of methoxy groups -OCH3 is 1. The normalized spacial score (nSPS) is 10.4. The third-order valence-electron chi connectivity index (χ3n) is 3.92. The molecule has 28 heavy (non-hydrogen) atoms. The molecule has 144 valence electrons. The van der Waals surface area contributed by atoms with Gasteiger partial charge in [0.25, 0.3) is 5.91 Å². The summed E-state index contributed by atoms with van der Waals surface area (Å²) in [6.07, 6.45) is 0.645. The fourth-order valence-corrected chi connectivity index (χ4v) is 2.48. The molecule has 0 unspecified atom stereocenters. The van der Waals surface area contributed by atoms with Crippen LogP contribution < -0.4 is 15.4 Å². The molecular formula is C20H18F2N4O2. The number of anilines is 2. The van der Waals surface area contributed by atoms with Gasteiger partial charge in [0, 0.05) is 18.3 Å². The van der Waals surface area contributed by atoms with Gasteiger partial charge in [-0.3, -0.25) is 4.79 Å². The Labute approximate surface area is 160 Å². The summed E-state index contributed by atoms with van der Waals surface area (Å²) in [5.41, 5.74) is 1.52. The molecule has 0 saturated carbocycles. The maximum absolute atomic E-state index is 13.2. The maximum Gasteiger partial charge on any atom is 0.271 e. The van der Waals surface area contributed by atoms with Crippen LogP contribution in [0.4, 0.5) is 20.3 Å². The summed E-state index contributed by atoms with van der Waals surface area (Å²) in [4.78, 5) is 12.2. The van der Waals surface area contributed by atoms with Gasteiger partial charge in [-0.15, -0.1) is 10.2 Å². The van der Waals surface area contributed by atoms with Crippen LogP contribution in [0.15, 0.2) is 54.6 Å². The Morgan fingerprint density at radius 1 is 1.04 bits per heavy atom. The zero-order valence-electron chi connectivity index (χ0n) is 15.1. The van der Waals surface area contributed by atoms with Gasteiger partial charge in [0.05, 0.1) is 7.11 Å². The number of carbonyl (C=O) groups is 1. The summed E-state index contributed by atoms with van der Waals surface area (Å²) in [6, 6.07) is 14.0. The van der Waals surface area contributed by atoms with Crippen molar-refractivity contribution in [2.24, 2.45) is 0 Å². The largest absolute Gasteiger partial charge is 0.497 e. The van der Waals surface area contributed by atoms with Crippen LogP contribution in [-0.4, -0.2) is 29.8 Å². The van der Waals surface area contributed by atoms with Crippen LogP contribution >= 0.6 is 0 Å². The lowest BCUT2D eigenvalue weighted by Gasteiger charge is -2.07. The van der Waals surface area contributed by atoms with Gasteiger partial charge in [0.1, 0.15) is 5.75 Å². The Hall–Kier alpha value is -3.55. The molecule has 0 atom stereocenters. The maximum atomic E-state index is 13.2. The molecule has 2 N–H and O–H groups in total. The van der Waals surface area contributed by atoms with Crippen LogP contribution in [0.3, 0.4) is 0 Å². The fourth-order valence-electron chi connectivity index (χ4n) is 2.48. The first-order valence-electron chi connectivity index (χ1n) is 8.52. The molecule has 0 radical (unpaired) electrons. The highest BCUT2D eigenvalue weighted by Gasteiger charge is 2.09. The number of hydrogen-bond donors (Lipinski definition) is 2. The summed E-state index contributed by atoms with van der Waals surface area (Å²) in [5.74, 6) is -1.19. The van der Waals surface area contributed by atoms with Crippen molar-refractivity contribution in [2.75, 3.05) is 19.0 Å². The standard InChI is InChI=1S/C20H18F2N4O2/c1-28-15-4-2-3-13(11-15)9-10-23-20(27)18-7-8-19(26-25-18)24-14-5-6-16(21)17(22)12-14/h2-8,11-12H,9-10H2,1H3,(H,23,27)(H,24,26). The van der Waals surface area contributed by atoms with E-state index >= 15 is 0 Å². The molecular weight excluding hydrogens is 366 g/mol. The molecule has 6 nitrogen and oxygen atoms in total. The van der Waals surface area contributed by atoms with Crippen LogP contribution in [0.2, 0.25) is 0 Å². The average Bonchev–Trinajstić information content (AvgIpc) is 2.71. The smallest absolute Gasteiger partial charge is 0.271 e. The minimum Gasteiger partial charge on any atom is -0.497 e. The minimum atomic E-state index is -0.968. The first-order valence-corrected chi connectivity index (χ1v) is 8.52. The predicted molar refractivity (Wildman–Crippen MR) is 101 cm³/mol. The number of nitrogens with zero attached hydrogens (tertiary/aromatic N) is 2. The number of benzene rings is 2. The second-order valence-electron chi connectivity index (χ2n) is 5.92. The topological polar surface area (TPSA) is 76.1 Å². The molecule has 8 heteroatoms. The number of rotatable bonds is 7. The van der Waals surface area contributed by atoms with Crippen LogP contribution in [0.25, 0.3) is 0 Å². The van der Waals surface area contributed by atoms with Crippen molar-refractivity contribution in [1.82, 2.24) is 15.5 Å². The van der Waals surface area contributed by atoms with E-state index in [0.29, 0.717) is 24.5 Å². The first kappa shape index (κ1) is 19.2. The number of halogens is 2. The van der Waals surface area contributed by atoms with Crippen LogP contribution in [0.1, 0.15) is 16.1 Å². The van der Waals surface area contributed by atoms with E-state index in [9.17, 15) is 13.6 Å². The van der Waals surface area contributed by atoms with Crippen LogP contribution in [-0.2, 0) is 6.42 Å². The van der Waals surface area contributed by atoms with E-state index in [1.165, 1.54) is 18.2 Å². The predicted octanol–water partition coefficient (Wildman–Crippen LogP) is 3.48.